The zero-order valence-corrected chi connectivity index (χ0v) is 17.7. The molecule has 1 aromatic rings. The van der Waals surface area contributed by atoms with Crippen molar-refractivity contribution < 1.29 is 17.7 Å². The lowest BCUT2D eigenvalue weighted by molar-refractivity contribution is -0.148. The minimum Gasteiger partial charge on any atom is -0.364 e. The van der Waals surface area contributed by atoms with Crippen molar-refractivity contribution in [3.63, 3.8) is 0 Å². The number of nitrogens with zero attached hydrogens (tertiary/aromatic N) is 5. The fraction of sp³-hybridized carbons (Fsp3) is 0.800. The summed E-state index contributed by atoms with van der Waals surface area (Å²) < 4.78 is 42.4. The van der Waals surface area contributed by atoms with Crippen LogP contribution in [0.25, 0.3) is 0 Å². The third-order valence-electron chi connectivity index (χ3n) is 5.79. The number of hydrogen-bond acceptors (Lipinski definition) is 5. The van der Waals surface area contributed by atoms with E-state index in [0.717, 1.165) is 70.2 Å². The lowest BCUT2D eigenvalue weighted by atomic mass is 9.93. The summed E-state index contributed by atoms with van der Waals surface area (Å²) in [6.45, 7) is 8.34. The average molecular weight is 431 g/mol. The van der Waals surface area contributed by atoms with Crippen LogP contribution in [0.2, 0.25) is 0 Å². The van der Waals surface area contributed by atoms with E-state index in [1.165, 1.54) is 4.90 Å². The van der Waals surface area contributed by atoms with Crippen LogP contribution in [0.1, 0.15) is 31.9 Å². The minimum absolute atomic E-state index is 0.459. The molecule has 0 saturated carbocycles. The second-order valence-electron chi connectivity index (χ2n) is 8.11. The standard InChI is InChI=1S/C20H33F3N6O/c1-2-24-19(29-12-10-27(11-13-29)15-18-6-14-30-26-18)25-7-3-17-4-8-28(9-5-17)16-20(21,22)23/h6,14,17H,2-5,7-13,15-16H2,1H3,(H,24,25). The van der Waals surface area contributed by atoms with E-state index in [0.29, 0.717) is 25.6 Å². The number of halogens is 3. The molecule has 0 bridgehead atoms. The fourth-order valence-electron chi connectivity index (χ4n) is 4.13. The molecule has 170 valence electrons. The summed E-state index contributed by atoms with van der Waals surface area (Å²) in [4.78, 5) is 11.0. The molecule has 1 N–H and O–H groups in total. The van der Waals surface area contributed by atoms with Gasteiger partial charge in [0.25, 0.3) is 0 Å². The highest BCUT2D eigenvalue weighted by Crippen LogP contribution is 2.24. The molecule has 2 fully saturated rings. The van der Waals surface area contributed by atoms with Crippen LogP contribution < -0.4 is 5.32 Å². The number of likely N-dealkylation sites (tertiary alicyclic amines) is 1. The van der Waals surface area contributed by atoms with E-state index < -0.39 is 12.7 Å². The van der Waals surface area contributed by atoms with Crippen molar-refractivity contribution in [3.8, 4) is 0 Å². The second kappa shape index (κ2) is 11.0. The van der Waals surface area contributed by atoms with Gasteiger partial charge in [0.05, 0.1) is 12.2 Å². The van der Waals surface area contributed by atoms with E-state index in [-0.39, 0.29) is 0 Å². The third kappa shape index (κ3) is 7.46. The molecule has 0 aromatic carbocycles. The summed E-state index contributed by atoms with van der Waals surface area (Å²) in [5.74, 6) is 1.40. The Balaban J connectivity index is 1.39. The van der Waals surface area contributed by atoms with Crippen LogP contribution in [0.4, 0.5) is 13.2 Å². The smallest absolute Gasteiger partial charge is 0.364 e. The van der Waals surface area contributed by atoms with Gasteiger partial charge in [-0.25, -0.2) is 0 Å². The van der Waals surface area contributed by atoms with Gasteiger partial charge in [0.2, 0.25) is 0 Å². The monoisotopic (exact) mass is 430 g/mol. The Morgan fingerprint density at radius 1 is 1.17 bits per heavy atom. The molecular formula is C20H33F3N6O. The van der Waals surface area contributed by atoms with E-state index in [1.54, 1.807) is 6.26 Å². The molecule has 3 rings (SSSR count). The zero-order valence-electron chi connectivity index (χ0n) is 17.7. The fourth-order valence-corrected chi connectivity index (χ4v) is 4.13. The zero-order chi connectivity index (χ0) is 21.4. The molecule has 2 saturated heterocycles. The topological polar surface area (TPSA) is 60.1 Å². The van der Waals surface area contributed by atoms with Crippen LogP contribution in [0, 0.1) is 5.92 Å². The van der Waals surface area contributed by atoms with E-state index in [9.17, 15) is 13.2 Å². The van der Waals surface area contributed by atoms with Crippen LogP contribution in [0.5, 0.6) is 0 Å². The molecule has 3 heterocycles. The highest BCUT2D eigenvalue weighted by molar-refractivity contribution is 5.80. The third-order valence-corrected chi connectivity index (χ3v) is 5.79. The first-order chi connectivity index (χ1) is 14.4. The highest BCUT2D eigenvalue weighted by Gasteiger charge is 2.32. The van der Waals surface area contributed by atoms with Crippen molar-refractivity contribution in [2.75, 3.05) is 58.9 Å². The Kier molecular flexibility index (Phi) is 8.38. The summed E-state index contributed by atoms with van der Waals surface area (Å²) in [5.41, 5.74) is 0.949. The van der Waals surface area contributed by atoms with Gasteiger partial charge in [-0.2, -0.15) is 13.2 Å². The Labute approximate surface area is 176 Å². The summed E-state index contributed by atoms with van der Waals surface area (Å²) in [6.07, 6.45) is 0.0746. The maximum Gasteiger partial charge on any atom is 0.401 e. The van der Waals surface area contributed by atoms with Crippen molar-refractivity contribution in [1.29, 1.82) is 0 Å². The molecule has 1 aromatic heterocycles. The molecule has 2 aliphatic heterocycles. The second-order valence-corrected chi connectivity index (χ2v) is 8.11. The van der Waals surface area contributed by atoms with Crippen LogP contribution in [0.15, 0.2) is 21.8 Å². The number of aromatic nitrogens is 1. The Hall–Kier alpha value is -1.81. The van der Waals surface area contributed by atoms with Crippen molar-refractivity contribution >= 4 is 5.96 Å². The molecule has 7 nitrogen and oxygen atoms in total. The molecule has 0 unspecified atom stereocenters. The van der Waals surface area contributed by atoms with Crippen LogP contribution in [-0.2, 0) is 6.54 Å². The number of piperazine rings is 1. The van der Waals surface area contributed by atoms with E-state index in [4.69, 9.17) is 9.52 Å². The van der Waals surface area contributed by atoms with Gasteiger partial charge in [-0.05, 0) is 45.2 Å². The highest BCUT2D eigenvalue weighted by atomic mass is 19.4. The minimum atomic E-state index is -4.10. The van der Waals surface area contributed by atoms with Gasteiger partial charge in [0.15, 0.2) is 5.96 Å². The number of aliphatic imine (C=N–C) groups is 1. The Bertz CT molecular complexity index is 635. The number of nitrogens with one attached hydrogen (secondary N) is 1. The normalized spacial score (nSPS) is 20.7. The predicted octanol–water partition coefficient (Wildman–Crippen LogP) is 2.42. The predicted molar refractivity (Wildman–Crippen MR) is 109 cm³/mol. The maximum atomic E-state index is 12.5. The largest absolute Gasteiger partial charge is 0.401 e. The summed E-state index contributed by atoms with van der Waals surface area (Å²) in [6, 6.07) is 1.89. The molecule has 0 radical (unpaired) electrons. The quantitative estimate of drug-likeness (QED) is 0.530. The average Bonchev–Trinajstić information content (AvgIpc) is 3.21. The Morgan fingerprint density at radius 3 is 2.50 bits per heavy atom. The van der Waals surface area contributed by atoms with Crippen molar-refractivity contribution in [2.45, 2.75) is 38.9 Å². The number of rotatable bonds is 7. The van der Waals surface area contributed by atoms with E-state index >= 15 is 0 Å². The summed E-state index contributed by atoms with van der Waals surface area (Å²) in [5, 5.41) is 7.36. The number of guanidine groups is 1. The van der Waals surface area contributed by atoms with Gasteiger partial charge in [-0.3, -0.25) is 14.8 Å². The maximum absolute atomic E-state index is 12.5. The van der Waals surface area contributed by atoms with Gasteiger partial charge in [0, 0.05) is 51.9 Å². The number of alkyl halides is 3. The first kappa shape index (κ1) is 22.9. The molecule has 0 spiro atoms. The summed E-state index contributed by atoms with van der Waals surface area (Å²) in [7, 11) is 0. The molecule has 0 atom stereocenters. The number of hydrogen-bond donors (Lipinski definition) is 1. The van der Waals surface area contributed by atoms with Gasteiger partial charge in [-0.15, -0.1) is 0 Å². The molecular weight excluding hydrogens is 397 g/mol. The molecule has 2 aliphatic rings. The first-order valence-electron chi connectivity index (χ1n) is 10.9. The molecule has 0 amide bonds. The number of piperidine rings is 1. The SMILES string of the molecule is CCNC(=NCCC1CCN(CC(F)(F)F)CC1)N1CCN(Cc2ccon2)CC1. The molecule has 10 heteroatoms. The first-order valence-corrected chi connectivity index (χ1v) is 10.9. The lowest BCUT2D eigenvalue weighted by Crippen LogP contribution is -2.52. The van der Waals surface area contributed by atoms with Crippen LogP contribution in [0.3, 0.4) is 0 Å². The van der Waals surface area contributed by atoms with Gasteiger partial charge in [-0.1, -0.05) is 5.16 Å². The lowest BCUT2D eigenvalue weighted by Gasteiger charge is -2.36. The van der Waals surface area contributed by atoms with Gasteiger partial charge < -0.3 is 14.7 Å². The van der Waals surface area contributed by atoms with E-state index in [2.05, 4.69) is 27.2 Å². The van der Waals surface area contributed by atoms with Gasteiger partial charge in [0.1, 0.15) is 6.26 Å². The Morgan fingerprint density at radius 2 is 1.90 bits per heavy atom. The summed E-state index contributed by atoms with van der Waals surface area (Å²) >= 11 is 0. The molecule has 0 aliphatic carbocycles. The van der Waals surface area contributed by atoms with Gasteiger partial charge >= 0.3 is 6.18 Å². The van der Waals surface area contributed by atoms with Crippen LogP contribution >= 0.6 is 0 Å². The van der Waals surface area contributed by atoms with Crippen molar-refractivity contribution in [2.24, 2.45) is 10.9 Å². The van der Waals surface area contributed by atoms with Crippen LogP contribution in [-0.4, -0.2) is 90.9 Å². The van der Waals surface area contributed by atoms with Crippen molar-refractivity contribution in [1.82, 2.24) is 25.2 Å². The molecule has 30 heavy (non-hydrogen) atoms. The van der Waals surface area contributed by atoms with E-state index in [1.807, 2.05) is 6.07 Å². The van der Waals surface area contributed by atoms with Crippen molar-refractivity contribution in [3.05, 3.63) is 18.0 Å².